The lowest BCUT2D eigenvalue weighted by Gasteiger charge is -2.38. The SMILES string of the molecule is COc1ccc2ccccc2c1C1Nc2ccc(S(=O)(=O)N3CCCC3)cc2C2C=CCC21. The number of anilines is 1. The number of hydrogen-bond acceptors (Lipinski definition) is 4. The van der Waals surface area contributed by atoms with Crippen molar-refractivity contribution in [2.24, 2.45) is 5.92 Å². The van der Waals surface area contributed by atoms with Crippen molar-refractivity contribution < 1.29 is 13.2 Å². The molecular formula is C27H28N2O3S. The molecule has 0 radical (unpaired) electrons. The van der Waals surface area contributed by atoms with Gasteiger partial charge in [0.2, 0.25) is 10.0 Å². The second-order valence-electron chi connectivity index (χ2n) is 9.24. The van der Waals surface area contributed by atoms with Gasteiger partial charge in [0.05, 0.1) is 18.0 Å². The van der Waals surface area contributed by atoms with Gasteiger partial charge in [-0.3, -0.25) is 0 Å². The van der Waals surface area contributed by atoms with E-state index in [0.29, 0.717) is 23.9 Å². The third kappa shape index (κ3) is 3.27. The van der Waals surface area contributed by atoms with E-state index in [1.807, 2.05) is 12.1 Å². The fraction of sp³-hybridized carbons (Fsp3) is 0.333. The van der Waals surface area contributed by atoms with Crippen LogP contribution in [0.2, 0.25) is 0 Å². The summed E-state index contributed by atoms with van der Waals surface area (Å²) < 4.78 is 33.8. The minimum Gasteiger partial charge on any atom is -0.496 e. The van der Waals surface area contributed by atoms with Gasteiger partial charge in [0.1, 0.15) is 5.75 Å². The van der Waals surface area contributed by atoms with Gasteiger partial charge in [-0.2, -0.15) is 4.31 Å². The summed E-state index contributed by atoms with van der Waals surface area (Å²) in [4.78, 5) is 0.408. The third-order valence-corrected chi connectivity index (χ3v) is 9.39. The van der Waals surface area contributed by atoms with Gasteiger partial charge >= 0.3 is 0 Å². The summed E-state index contributed by atoms with van der Waals surface area (Å²) in [6.45, 7) is 1.24. The monoisotopic (exact) mass is 460 g/mol. The normalized spacial score (nSPS) is 24.5. The number of hydrogen-bond donors (Lipinski definition) is 1. The summed E-state index contributed by atoms with van der Waals surface area (Å²) in [5, 5.41) is 6.15. The van der Waals surface area contributed by atoms with Crippen LogP contribution >= 0.6 is 0 Å². The van der Waals surface area contributed by atoms with E-state index >= 15 is 0 Å². The summed E-state index contributed by atoms with van der Waals surface area (Å²) in [5.41, 5.74) is 3.25. The first-order valence-electron chi connectivity index (χ1n) is 11.7. The molecule has 6 heteroatoms. The molecule has 0 saturated carbocycles. The zero-order valence-electron chi connectivity index (χ0n) is 18.7. The van der Waals surface area contributed by atoms with Crippen molar-refractivity contribution in [1.29, 1.82) is 0 Å². The highest BCUT2D eigenvalue weighted by Crippen LogP contribution is 2.52. The van der Waals surface area contributed by atoms with E-state index in [1.54, 1.807) is 17.5 Å². The molecule has 1 aliphatic carbocycles. The number of benzene rings is 3. The average molecular weight is 461 g/mol. The van der Waals surface area contributed by atoms with Crippen LogP contribution in [0.15, 0.2) is 71.6 Å². The molecule has 1 fully saturated rings. The summed E-state index contributed by atoms with van der Waals surface area (Å²) in [7, 11) is -1.72. The van der Waals surface area contributed by atoms with Crippen LogP contribution < -0.4 is 10.1 Å². The fourth-order valence-electron chi connectivity index (χ4n) is 5.87. The number of fused-ring (bicyclic) bond motifs is 4. The minimum atomic E-state index is -3.44. The van der Waals surface area contributed by atoms with E-state index in [0.717, 1.165) is 36.3 Å². The van der Waals surface area contributed by atoms with Gasteiger partial charge in [-0.25, -0.2) is 8.42 Å². The first kappa shape index (κ1) is 20.8. The van der Waals surface area contributed by atoms with Gasteiger partial charge in [0.15, 0.2) is 0 Å². The lowest BCUT2D eigenvalue weighted by Crippen LogP contribution is -2.31. The Morgan fingerprint density at radius 2 is 1.85 bits per heavy atom. The first-order chi connectivity index (χ1) is 16.1. The Hall–Kier alpha value is -2.83. The van der Waals surface area contributed by atoms with Crippen LogP contribution in [0.25, 0.3) is 10.8 Å². The van der Waals surface area contributed by atoms with Crippen molar-refractivity contribution in [3.63, 3.8) is 0 Å². The zero-order valence-corrected chi connectivity index (χ0v) is 19.5. The van der Waals surface area contributed by atoms with Crippen molar-refractivity contribution in [2.75, 3.05) is 25.5 Å². The second-order valence-corrected chi connectivity index (χ2v) is 11.2. The Morgan fingerprint density at radius 3 is 2.67 bits per heavy atom. The fourth-order valence-corrected chi connectivity index (χ4v) is 7.42. The Bertz CT molecular complexity index is 1360. The molecule has 0 aromatic heterocycles. The Morgan fingerprint density at radius 1 is 1.03 bits per heavy atom. The van der Waals surface area contributed by atoms with Crippen molar-refractivity contribution in [3.8, 4) is 5.75 Å². The lowest BCUT2D eigenvalue weighted by molar-refractivity contribution is 0.383. The van der Waals surface area contributed by atoms with Crippen LogP contribution in [0.4, 0.5) is 5.69 Å². The van der Waals surface area contributed by atoms with E-state index in [4.69, 9.17) is 4.74 Å². The topological polar surface area (TPSA) is 58.6 Å². The van der Waals surface area contributed by atoms with Gasteiger partial charge in [0.25, 0.3) is 0 Å². The molecule has 5 nitrogen and oxygen atoms in total. The summed E-state index contributed by atoms with van der Waals surface area (Å²) in [6.07, 6.45) is 7.30. The summed E-state index contributed by atoms with van der Waals surface area (Å²) >= 11 is 0. The molecule has 3 aliphatic rings. The van der Waals surface area contributed by atoms with E-state index < -0.39 is 10.0 Å². The maximum Gasteiger partial charge on any atom is 0.243 e. The third-order valence-electron chi connectivity index (χ3n) is 7.50. The molecule has 2 aliphatic heterocycles. The van der Waals surface area contributed by atoms with Gasteiger partial charge in [0, 0.05) is 30.3 Å². The van der Waals surface area contributed by atoms with Gasteiger partial charge in [-0.1, -0.05) is 42.5 Å². The molecule has 0 spiro atoms. The van der Waals surface area contributed by atoms with E-state index in [-0.39, 0.29) is 12.0 Å². The highest BCUT2D eigenvalue weighted by Gasteiger charge is 2.40. The molecule has 33 heavy (non-hydrogen) atoms. The average Bonchev–Trinajstić information content (AvgIpc) is 3.55. The van der Waals surface area contributed by atoms with Crippen LogP contribution in [0.3, 0.4) is 0 Å². The Labute approximate surface area is 195 Å². The number of sulfonamides is 1. The number of rotatable bonds is 4. The molecule has 1 N–H and O–H groups in total. The molecule has 3 atom stereocenters. The second kappa shape index (κ2) is 7.89. The van der Waals surface area contributed by atoms with E-state index in [9.17, 15) is 8.42 Å². The molecule has 3 aromatic carbocycles. The van der Waals surface area contributed by atoms with Crippen LogP contribution in [-0.4, -0.2) is 32.9 Å². The maximum atomic E-state index is 13.2. The number of ether oxygens (including phenoxy) is 1. The highest BCUT2D eigenvalue weighted by atomic mass is 32.2. The quantitative estimate of drug-likeness (QED) is 0.525. The van der Waals surface area contributed by atoms with Crippen molar-refractivity contribution >= 4 is 26.5 Å². The molecule has 3 unspecified atom stereocenters. The summed E-state index contributed by atoms with van der Waals surface area (Å²) in [5.74, 6) is 1.35. The lowest BCUT2D eigenvalue weighted by atomic mass is 9.76. The highest BCUT2D eigenvalue weighted by molar-refractivity contribution is 7.89. The zero-order chi connectivity index (χ0) is 22.6. The van der Waals surface area contributed by atoms with Gasteiger partial charge < -0.3 is 10.1 Å². The largest absolute Gasteiger partial charge is 0.496 e. The Balaban J connectivity index is 1.46. The van der Waals surface area contributed by atoms with Crippen LogP contribution in [0, 0.1) is 5.92 Å². The van der Waals surface area contributed by atoms with Crippen molar-refractivity contribution in [1.82, 2.24) is 4.31 Å². The molecule has 0 bridgehead atoms. The number of nitrogens with zero attached hydrogens (tertiary/aromatic N) is 1. The molecule has 3 aromatic rings. The van der Waals surface area contributed by atoms with Crippen molar-refractivity contribution in [2.45, 2.75) is 36.1 Å². The molecule has 2 heterocycles. The number of nitrogens with one attached hydrogen (secondary N) is 1. The van der Waals surface area contributed by atoms with Crippen LogP contribution in [0.1, 0.15) is 42.3 Å². The van der Waals surface area contributed by atoms with Crippen molar-refractivity contribution in [3.05, 3.63) is 77.9 Å². The minimum absolute atomic E-state index is 0.0691. The number of allylic oxidation sites excluding steroid dienone is 2. The Kier molecular flexibility index (Phi) is 4.96. The standard InChI is InChI=1S/C27H28N2O3S/c1-32-25-14-11-18-7-2-3-8-20(18)26(25)27-22-10-6-9-21(22)23-17-19(12-13-24(23)28-27)33(30,31)29-15-4-5-16-29/h2-3,6-9,11-14,17,21-22,27-28H,4-5,10,15-16H2,1H3. The molecule has 0 amide bonds. The van der Waals surface area contributed by atoms with E-state index in [2.05, 4.69) is 53.9 Å². The summed E-state index contributed by atoms with van der Waals surface area (Å²) in [6, 6.07) is 18.3. The molecule has 1 saturated heterocycles. The predicted molar refractivity (Wildman–Crippen MR) is 131 cm³/mol. The maximum absolute atomic E-state index is 13.2. The van der Waals surface area contributed by atoms with Crippen LogP contribution in [-0.2, 0) is 10.0 Å². The van der Waals surface area contributed by atoms with Gasteiger partial charge in [-0.15, -0.1) is 0 Å². The van der Waals surface area contributed by atoms with E-state index in [1.165, 1.54) is 16.3 Å². The predicted octanol–water partition coefficient (Wildman–Crippen LogP) is 5.46. The first-order valence-corrected chi connectivity index (χ1v) is 13.1. The smallest absolute Gasteiger partial charge is 0.243 e. The molecule has 170 valence electrons. The van der Waals surface area contributed by atoms with Gasteiger partial charge in [-0.05, 0) is 65.8 Å². The molecule has 6 rings (SSSR count). The number of methoxy groups -OCH3 is 1. The van der Waals surface area contributed by atoms with Crippen LogP contribution in [0.5, 0.6) is 5.75 Å². The molecular weight excluding hydrogens is 432 g/mol.